The van der Waals surface area contributed by atoms with Crippen molar-refractivity contribution in [1.29, 1.82) is 0 Å². The zero-order chi connectivity index (χ0) is 48.2. The minimum Gasteiger partial charge on any atom is -0.381 e. The van der Waals surface area contributed by atoms with Gasteiger partial charge in [0.15, 0.2) is 0 Å². The van der Waals surface area contributed by atoms with Crippen LogP contribution in [0, 0.1) is 5.92 Å². The number of rotatable bonds is 18. The molecule has 1 N–H and O–H groups in total. The molecular formula is C68H67N. The van der Waals surface area contributed by atoms with Gasteiger partial charge < -0.3 is 5.32 Å². The largest absolute Gasteiger partial charge is 0.381 e. The van der Waals surface area contributed by atoms with E-state index >= 15 is 0 Å². The van der Waals surface area contributed by atoms with E-state index in [1.54, 1.807) is 0 Å². The summed E-state index contributed by atoms with van der Waals surface area (Å²) in [5.41, 5.74) is 14.5. The first-order valence-corrected chi connectivity index (χ1v) is 24.8. The molecule has 2 unspecified atom stereocenters. The fourth-order valence-electron chi connectivity index (χ4n) is 10.4. The van der Waals surface area contributed by atoms with Gasteiger partial charge in [-0.05, 0) is 165 Å². The molecule has 0 radical (unpaired) electrons. The molecule has 69 heavy (non-hydrogen) atoms. The zero-order valence-electron chi connectivity index (χ0n) is 41.3. The normalized spacial score (nSPS) is 17.3. The fraction of sp³-hybridized carbons (Fsp3) is 0.176. The first-order valence-electron chi connectivity index (χ1n) is 24.8. The predicted octanol–water partition coefficient (Wildman–Crippen LogP) is 18.2. The van der Waals surface area contributed by atoms with Crippen LogP contribution in [0.2, 0.25) is 0 Å². The van der Waals surface area contributed by atoms with Crippen LogP contribution in [0.5, 0.6) is 0 Å². The van der Waals surface area contributed by atoms with E-state index in [1.807, 2.05) is 18.2 Å². The monoisotopic (exact) mass is 898 g/mol. The van der Waals surface area contributed by atoms with Crippen LogP contribution in [0.1, 0.15) is 92.8 Å². The minimum atomic E-state index is -0.361. The van der Waals surface area contributed by atoms with Gasteiger partial charge in [0, 0.05) is 5.41 Å². The average Bonchev–Trinajstić information content (AvgIpc) is 3.67. The third-order valence-electron chi connectivity index (χ3n) is 14.3. The lowest BCUT2D eigenvalue weighted by atomic mass is 9.70. The van der Waals surface area contributed by atoms with Gasteiger partial charge in [-0.2, -0.15) is 0 Å². The van der Waals surface area contributed by atoms with Gasteiger partial charge in [-0.3, -0.25) is 0 Å². The van der Waals surface area contributed by atoms with Crippen LogP contribution in [0.15, 0.2) is 243 Å². The summed E-state index contributed by atoms with van der Waals surface area (Å²) >= 11 is 0. The summed E-state index contributed by atoms with van der Waals surface area (Å²) in [6, 6.07) is 43.1. The van der Waals surface area contributed by atoms with Crippen LogP contribution in [-0.4, -0.2) is 5.54 Å². The topological polar surface area (TPSA) is 12.0 Å². The highest BCUT2D eigenvalue weighted by Gasteiger charge is 2.43. The maximum atomic E-state index is 3.93. The van der Waals surface area contributed by atoms with Crippen molar-refractivity contribution in [3.8, 4) is 11.1 Å². The molecule has 0 spiro atoms. The van der Waals surface area contributed by atoms with Crippen molar-refractivity contribution < 1.29 is 0 Å². The molecule has 0 amide bonds. The van der Waals surface area contributed by atoms with Gasteiger partial charge in [0.05, 0.1) is 5.54 Å². The Kier molecular flexibility index (Phi) is 15.4. The number of hydrogen-bond acceptors (Lipinski definition) is 1. The van der Waals surface area contributed by atoms with E-state index in [1.165, 1.54) is 77.2 Å². The van der Waals surface area contributed by atoms with Gasteiger partial charge in [-0.15, -0.1) is 6.58 Å². The Morgan fingerprint density at radius 2 is 1.51 bits per heavy atom. The van der Waals surface area contributed by atoms with E-state index in [-0.39, 0.29) is 16.9 Å². The molecule has 6 aromatic carbocycles. The van der Waals surface area contributed by atoms with E-state index in [2.05, 4.69) is 266 Å². The maximum Gasteiger partial charge on any atom is 0.0620 e. The molecule has 2 atom stereocenters. The van der Waals surface area contributed by atoms with Crippen molar-refractivity contribution in [2.24, 2.45) is 5.92 Å². The predicted molar refractivity (Wildman–Crippen MR) is 303 cm³/mol. The summed E-state index contributed by atoms with van der Waals surface area (Å²) in [7, 11) is 0. The summed E-state index contributed by atoms with van der Waals surface area (Å²) < 4.78 is 0. The molecule has 344 valence electrons. The highest BCUT2D eigenvalue weighted by Crippen LogP contribution is 2.55. The van der Waals surface area contributed by atoms with Crippen LogP contribution in [-0.2, 0) is 11.8 Å². The molecule has 8 rings (SSSR count). The lowest BCUT2D eigenvalue weighted by Gasteiger charge is -2.38. The molecule has 0 bridgehead atoms. The number of aryl methyl sites for hydroxylation is 1. The smallest absolute Gasteiger partial charge is 0.0620 e. The Morgan fingerprint density at radius 3 is 2.29 bits per heavy atom. The SMILES string of the molecule is C=C/C=C\C=C/CC1(c2ccccc2)c2ccccc2-c2ccc(C=C/C(=C\C=C\NC(C)(C(=C\C=C/C)/C(/C=C\CC=C)=C/C)C(C)C)c3ccc4c5c(c6ccccc6c4c3)C=CCC5)cc21. The van der Waals surface area contributed by atoms with Crippen molar-refractivity contribution >= 4 is 39.3 Å². The van der Waals surface area contributed by atoms with Gasteiger partial charge in [-0.25, -0.2) is 0 Å². The highest BCUT2D eigenvalue weighted by molar-refractivity contribution is 6.13. The Hall–Kier alpha value is -7.48. The lowest BCUT2D eigenvalue weighted by Crippen LogP contribution is -2.46. The van der Waals surface area contributed by atoms with Crippen molar-refractivity contribution in [2.45, 2.75) is 71.3 Å². The fourth-order valence-corrected chi connectivity index (χ4v) is 10.4. The van der Waals surface area contributed by atoms with Crippen molar-refractivity contribution in [3.05, 3.63) is 282 Å². The standard InChI is InChI=1S/C68H67N/c1-8-12-15-16-27-46-68(55-31-19-17-20-32-55)65-39-26-25-37-61(65)62-44-41-51(48-66(62)68)40-42-53(30-28-47-69-67(7,50(5)6)64(38-14-10-3)52(11-4)29-18-13-9-2)54-43-45-60-58-35-22-21-33-56(58)57-34-23-24-36-59(57)63(60)49-54/h8-12,14-21,23-34,36-45,47-50,69H,1-2,13,22,35,46H2,3-7H3/b14-10-,15-12-,27-16-,29-18-,42-40?,47-28+,52-11+,53-30+,64-38-. The summed E-state index contributed by atoms with van der Waals surface area (Å²) in [5, 5.41) is 9.15. The van der Waals surface area contributed by atoms with Crippen molar-refractivity contribution in [3.63, 3.8) is 0 Å². The van der Waals surface area contributed by atoms with E-state index in [0.717, 1.165) is 36.8 Å². The average molecular weight is 898 g/mol. The first-order chi connectivity index (χ1) is 33.8. The summed E-state index contributed by atoms with van der Waals surface area (Å²) in [5.74, 6) is 0.285. The third-order valence-corrected chi connectivity index (χ3v) is 14.3. The number of benzene rings is 6. The van der Waals surface area contributed by atoms with Gasteiger partial charge in [-0.1, -0.05) is 227 Å². The molecule has 0 fully saturated rings. The molecule has 1 heteroatoms. The Labute approximate surface area is 412 Å². The van der Waals surface area contributed by atoms with E-state index < -0.39 is 0 Å². The second-order valence-electron chi connectivity index (χ2n) is 18.6. The van der Waals surface area contributed by atoms with Crippen LogP contribution >= 0.6 is 0 Å². The number of fused-ring (bicyclic) bond motifs is 9. The van der Waals surface area contributed by atoms with E-state index in [9.17, 15) is 0 Å². The second-order valence-corrected chi connectivity index (χ2v) is 18.6. The van der Waals surface area contributed by atoms with Crippen molar-refractivity contribution in [1.82, 2.24) is 5.32 Å². The molecule has 0 aromatic heterocycles. The Bertz CT molecular complexity index is 3170. The zero-order valence-corrected chi connectivity index (χ0v) is 41.3. The third kappa shape index (κ3) is 9.79. The molecule has 0 aliphatic heterocycles. The van der Waals surface area contributed by atoms with E-state index in [0.29, 0.717) is 0 Å². The van der Waals surface area contributed by atoms with Crippen LogP contribution in [0.3, 0.4) is 0 Å². The molecule has 0 saturated carbocycles. The Morgan fingerprint density at radius 1 is 0.725 bits per heavy atom. The molecular weight excluding hydrogens is 831 g/mol. The highest BCUT2D eigenvalue weighted by atomic mass is 15.0. The first kappa shape index (κ1) is 48.0. The van der Waals surface area contributed by atoms with Gasteiger partial charge in [0.1, 0.15) is 0 Å². The molecule has 2 aliphatic carbocycles. The molecule has 2 aliphatic rings. The second kappa shape index (κ2) is 22.1. The molecule has 1 nitrogen and oxygen atoms in total. The molecule has 6 aromatic rings. The van der Waals surface area contributed by atoms with Crippen LogP contribution < -0.4 is 5.32 Å². The van der Waals surface area contributed by atoms with Gasteiger partial charge in [0.25, 0.3) is 0 Å². The van der Waals surface area contributed by atoms with Crippen molar-refractivity contribution in [2.75, 3.05) is 0 Å². The summed E-state index contributed by atoms with van der Waals surface area (Å²) in [4.78, 5) is 0. The maximum absolute atomic E-state index is 3.93. The Balaban J connectivity index is 1.25. The number of hydrogen-bond donors (Lipinski definition) is 1. The molecule has 0 saturated heterocycles. The van der Waals surface area contributed by atoms with Crippen LogP contribution in [0.25, 0.3) is 50.4 Å². The lowest BCUT2D eigenvalue weighted by molar-refractivity contribution is 0.349. The summed E-state index contributed by atoms with van der Waals surface area (Å²) in [6.45, 7) is 18.9. The minimum absolute atomic E-state index is 0.285. The number of allylic oxidation sites excluding steroid dienone is 17. The quantitative estimate of drug-likeness (QED) is 0.0515. The van der Waals surface area contributed by atoms with Crippen LogP contribution in [0.4, 0.5) is 0 Å². The number of nitrogens with one attached hydrogen (secondary N) is 1. The van der Waals surface area contributed by atoms with Gasteiger partial charge in [0.2, 0.25) is 0 Å². The summed E-state index contributed by atoms with van der Waals surface area (Å²) in [6.07, 6.45) is 45.0. The molecule has 0 heterocycles. The van der Waals surface area contributed by atoms with Gasteiger partial charge >= 0.3 is 0 Å². The van der Waals surface area contributed by atoms with E-state index in [4.69, 9.17) is 0 Å².